The first-order chi connectivity index (χ1) is 10.8. The van der Waals surface area contributed by atoms with Crippen molar-refractivity contribution >= 4 is 18.1 Å². The number of aromatic nitrogens is 1. The lowest BCUT2D eigenvalue weighted by atomic mass is 10.1. The second-order valence-electron chi connectivity index (χ2n) is 5.11. The van der Waals surface area contributed by atoms with Crippen LogP contribution in [0.3, 0.4) is 0 Å². The Labute approximate surface area is 129 Å². The van der Waals surface area contributed by atoms with Gasteiger partial charge in [0.2, 0.25) is 0 Å². The van der Waals surface area contributed by atoms with Gasteiger partial charge >= 0.3 is 5.97 Å². The maximum absolute atomic E-state index is 11.8. The highest BCUT2D eigenvalue weighted by Crippen LogP contribution is 2.18. The Bertz CT molecular complexity index is 644. The van der Waals surface area contributed by atoms with Crippen molar-refractivity contribution in [2.75, 3.05) is 6.61 Å². The summed E-state index contributed by atoms with van der Waals surface area (Å²) in [6.07, 6.45) is 8.77. The van der Waals surface area contributed by atoms with E-state index in [0.29, 0.717) is 12.4 Å². The molecule has 0 bridgehead atoms. The number of nitrogens with zero attached hydrogens (tertiary/aromatic N) is 1. The molecule has 1 aromatic heterocycles. The summed E-state index contributed by atoms with van der Waals surface area (Å²) in [5.41, 5.74) is 2.12. The zero-order chi connectivity index (χ0) is 15.2. The van der Waals surface area contributed by atoms with Crippen LogP contribution < -0.4 is 4.74 Å². The molecule has 22 heavy (non-hydrogen) atoms. The minimum absolute atomic E-state index is 0.308. The number of pyridine rings is 1. The van der Waals surface area contributed by atoms with Crippen LogP contribution in [0.4, 0.5) is 0 Å². The van der Waals surface area contributed by atoms with Gasteiger partial charge in [-0.3, -0.25) is 4.98 Å². The Morgan fingerprint density at radius 2 is 1.77 bits per heavy atom. The lowest BCUT2D eigenvalue weighted by Crippen LogP contribution is -2.24. The Morgan fingerprint density at radius 3 is 2.41 bits per heavy atom. The number of carbonyl (C=O) groups is 1. The molecule has 2 aromatic rings. The fourth-order valence-corrected chi connectivity index (χ4v) is 2.26. The lowest BCUT2D eigenvalue weighted by molar-refractivity contribution is -0.144. The van der Waals surface area contributed by atoms with Gasteiger partial charge in [-0.1, -0.05) is 24.3 Å². The van der Waals surface area contributed by atoms with E-state index in [9.17, 15) is 4.79 Å². The summed E-state index contributed by atoms with van der Waals surface area (Å²) >= 11 is 0. The van der Waals surface area contributed by atoms with Gasteiger partial charge in [0.25, 0.3) is 0 Å². The van der Waals surface area contributed by atoms with Crippen molar-refractivity contribution in [2.24, 2.45) is 0 Å². The van der Waals surface area contributed by atoms with Gasteiger partial charge in [-0.15, -0.1) is 0 Å². The van der Waals surface area contributed by atoms with E-state index in [1.54, 1.807) is 24.5 Å². The third-order valence-corrected chi connectivity index (χ3v) is 3.47. The molecule has 1 aliphatic rings. The molecule has 0 spiro atoms. The normalized spacial score (nSPS) is 17.7. The SMILES string of the molecule is O=C(Oc1ccc(/C=C/c2ccncc2)cc1)C1CCCO1. The van der Waals surface area contributed by atoms with Crippen molar-refractivity contribution in [1.82, 2.24) is 4.98 Å². The maximum Gasteiger partial charge on any atom is 0.340 e. The van der Waals surface area contributed by atoms with E-state index < -0.39 is 6.10 Å². The second-order valence-corrected chi connectivity index (χ2v) is 5.11. The number of carbonyl (C=O) groups excluding carboxylic acids is 1. The van der Waals surface area contributed by atoms with Crippen molar-refractivity contribution in [3.63, 3.8) is 0 Å². The van der Waals surface area contributed by atoms with Crippen molar-refractivity contribution in [1.29, 1.82) is 0 Å². The first-order valence-electron chi connectivity index (χ1n) is 7.33. The molecule has 1 atom stereocenters. The first-order valence-corrected chi connectivity index (χ1v) is 7.33. The molecule has 4 heteroatoms. The van der Waals surface area contributed by atoms with Crippen LogP contribution in [0.25, 0.3) is 12.2 Å². The predicted octanol–water partition coefficient (Wildman–Crippen LogP) is 3.34. The summed E-state index contributed by atoms with van der Waals surface area (Å²) in [7, 11) is 0. The van der Waals surface area contributed by atoms with Gasteiger partial charge in [-0.2, -0.15) is 0 Å². The standard InChI is InChI=1S/C18H17NO3/c20-18(17-2-1-13-21-17)22-16-7-5-14(6-8-16)3-4-15-9-11-19-12-10-15/h3-12,17H,1-2,13H2/b4-3+. The van der Waals surface area contributed by atoms with E-state index in [1.165, 1.54) is 0 Å². The molecule has 1 aromatic carbocycles. The van der Waals surface area contributed by atoms with Crippen LogP contribution >= 0.6 is 0 Å². The number of ether oxygens (including phenoxy) is 2. The van der Waals surface area contributed by atoms with Crippen LogP contribution in [0, 0.1) is 0 Å². The van der Waals surface area contributed by atoms with Crippen LogP contribution in [0.1, 0.15) is 24.0 Å². The highest BCUT2D eigenvalue weighted by Gasteiger charge is 2.25. The molecule has 0 N–H and O–H groups in total. The van der Waals surface area contributed by atoms with Crippen LogP contribution in [-0.2, 0) is 9.53 Å². The number of benzene rings is 1. The average Bonchev–Trinajstić information content (AvgIpc) is 3.10. The number of rotatable bonds is 4. The molecule has 0 saturated carbocycles. The topological polar surface area (TPSA) is 48.4 Å². The molecule has 1 saturated heterocycles. The van der Waals surface area contributed by atoms with Gasteiger partial charge in [0, 0.05) is 19.0 Å². The van der Waals surface area contributed by atoms with Gasteiger partial charge in [0.1, 0.15) is 5.75 Å². The summed E-state index contributed by atoms with van der Waals surface area (Å²) in [6.45, 7) is 0.637. The average molecular weight is 295 g/mol. The summed E-state index contributed by atoms with van der Waals surface area (Å²) in [4.78, 5) is 15.8. The van der Waals surface area contributed by atoms with Crippen molar-refractivity contribution < 1.29 is 14.3 Å². The summed E-state index contributed by atoms with van der Waals surface area (Å²) in [5, 5.41) is 0. The second kappa shape index (κ2) is 7.00. The van der Waals surface area contributed by atoms with Crippen molar-refractivity contribution in [2.45, 2.75) is 18.9 Å². The van der Waals surface area contributed by atoms with Gasteiger partial charge < -0.3 is 9.47 Å². The Balaban J connectivity index is 1.60. The Hall–Kier alpha value is -2.46. The Morgan fingerprint density at radius 1 is 1.09 bits per heavy atom. The van der Waals surface area contributed by atoms with Gasteiger partial charge in [-0.25, -0.2) is 4.79 Å². The van der Waals surface area contributed by atoms with Crippen molar-refractivity contribution in [3.8, 4) is 5.75 Å². The first kappa shape index (κ1) is 14.5. The zero-order valence-corrected chi connectivity index (χ0v) is 12.1. The fraction of sp³-hybridized carbons (Fsp3) is 0.222. The zero-order valence-electron chi connectivity index (χ0n) is 12.1. The summed E-state index contributed by atoms with van der Waals surface area (Å²) < 4.78 is 10.6. The molecule has 112 valence electrons. The molecule has 3 rings (SSSR count). The largest absolute Gasteiger partial charge is 0.425 e. The van der Waals surface area contributed by atoms with E-state index >= 15 is 0 Å². The van der Waals surface area contributed by atoms with E-state index in [1.807, 2.05) is 36.4 Å². The number of hydrogen-bond donors (Lipinski definition) is 0. The van der Waals surface area contributed by atoms with Gasteiger partial charge in [-0.05, 0) is 48.2 Å². The minimum Gasteiger partial charge on any atom is -0.425 e. The van der Waals surface area contributed by atoms with Crippen LogP contribution in [0.5, 0.6) is 5.75 Å². The van der Waals surface area contributed by atoms with E-state index in [2.05, 4.69) is 4.98 Å². The molecular weight excluding hydrogens is 278 g/mol. The maximum atomic E-state index is 11.8. The van der Waals surface area contributed by atoms with Gasteiger partial charge in [0.15, 0.2) is 6.10 Å². The minimum atomic E-state index is -0.411. The van der Waals surface area contributed by atoms with Crippen molar-refractivity contribution in [3.05, 3.63) is 59.9 Å². The third kappa shape index (κ3) is 3.80. The van der Waals surface area contributed by atoms with E-state index in [-0.39, 0.29) is 5.97 Å². The Kier molecular flexibility index (Phi) is 4.61. The molecule has 2 heterocycles. The monoisotopic (exact) mass is 295 g/mol. The molecule has 0 amide bonds. The van der Waals surface area contributed by atoms with E-state index in [4.69, 9.17) is 9.47 Å². The highest BCUT2D eigenvalue weighted by molar-refractivity contribution is 5.77. The molecule has 1 aliphatic heterocycles. The van der Waals surface area contributed by atoms with Crippen LogP contribution in [0.15, 0.2) is 48.8 Å². The molecule has 1 fully saturated rings. The lowest BCUT2D eigenvalue weighted by Gasteiger charge is -2.09. The highest BCUT2D eigenvalue weighted by atomic mass is 16.6. The third-order valence-electron chi connectivity index (χ3n) is 3.47. The smallest absolute Gasteiger partial charge is 0.340 e. The number of esters is 1. The number of hydrogen-bond acceptors (Lipinski definition) is 4. The predicted molar refractivity (Wildman–Crippen MR) is 84.2 cm³/mol. The van der Waals surface area contributed by atoms with Crippen LogP contribution in [-0.4, -0.2) is 23.7 Å². The van der Waals surface area contributed by atoms with Crippen LogP contribution in [0.2, 0.25) is 0 Å². The summed E-state index contributed by atoms with van der Waals surface area (Å²) in [5.74, 6) is 0.235. The molecular formula is C18H17NO3. The summed E-state index contributed by atoms with van der Waals surface area (Å²) in [6, 6.07) is 11.3. The molecule has 4 nitrogen and oxygen atoms in total. The molecule has 0 radical (unpaired) electrons. The quantitative estimate of drug-likeness (QED) is 0.641. The van der Waals surface area contributed by atoms with Gasteiger partial charge in [0.05, 0.1) is 0 Å². The van der Waals surface area contributed by atoms with E-state index in [0.717, 1.165) is 24.0 Å². The molecule has 1 unspecified atom stereocenters. The molecule has 0 aliphatic carbocycles. The fourth-order valence-electron chi connectivity index (χ4n) is 2.26.